The minimum absolute atomic E-state index is 0.128. The molecule has 5 atom stereocenters. The molecule has 0 saturated carbocycles. The number of nitrogens with one attached hydrogen (secondary N) is 1. The SMILES string of the molecule is CN1CC[C@]23c4c5ccc(OC(=O)OC(C)(C)C)c4O[C@H]2C(OC(=O)C[C@H](NC(=O)OC(C)(C)C)C(=O)OC(C)(C)C)=CC[C@@]3(O)[C@H]1C5. The van der Waals surface area contributed by atoms with Gasteiger partial charge in [-0.2, -0.15) is 0 Å². The number of amides is 1. The summed E-state index contributed by atoms with van der Waals surface area (Å²) in [5.74, 6) is -1.10. The molecule has 1 fully saturated rings. The summed E-state index contributed by atoms with van der Waals surface area (Å²) < 4.78 is 34.3. The number of piperidine rings is 1. The van der Waals surface area contributed by atoms with Gasteiger partial charge in [0.05, 0.1) is 17.4 Å². The summed E-state index contributed by atoms with van der Waals surface area (Å²) in [4.78, 5) is 54.1. The average molecular weight is 673 g/mol. The fraction of sp³-hybridized carbons (Fsp3) is 0.657. The Morgan fingerprint density at radius 2 is 1.62 bits per heavy atom. The molecule has 4 aliphatic rings. The molecule has 2 N–H and O–H groups in total. The second kappa shape index (κ2) is 11.9. The Labute approximate surface area is 281 Å². The molecule has 2 aliphatic carbocycles. The number of esters is 2. The highest BCUT2D eigenvalue weighted by Crippen LogP contribution is 2.65. The van der Waals surface area contributed by atoms with Crippen molar-refractivity contribution in [2.75, 3.05) is 13.6 Å². The van der Waals surface area contributed by atoms with E-state index in [1.165, 1.54) is 0 Å². The third kappa shape index (κ3) is 6.71. The summed E-state index contributed by atoms with van der Waals surface area (Å²) in [5, 5.41) is 15.0. The Morgan fingerprint density at radius 1 is 0.979 bits per heavy atom. The number of benzene rings is 1. The average Bonchev–Trinajstić information content (AvgIpc) is 3.26. The Kier molecular flexibility index (Phi) is 8.82. The lowest BCUT2D eigenvalue weighted by Gasteiger charge is -2.61. The Hall–Kier alpha value is -3.84. The van der Waals surface area contributed by atoms with E-state index in [1.807, 2.05) is 13.1 Å². The van der Waals surface area contributed by atoms with Gasteiger partial charge in [0.1, 0.15) is 28.6 Å². The number of carbonyl (C=O) groups excluding carboxylic acids is 4. The summed E-state index contributed by atoms with van der Waals surface area (Å²) >= 11 is 0. The van der Waals surface area contributed by atoms with Crippen LogP contribution in [0.4, 0.5) is 9.59 Å². The van der Waals surface area contributed by atoms with Gasteiger partial charge in [0, 0.05) is 18.0 Å². The van der Waals surface area contributed by atoms with Crippen molar-refractivity contribution < 1.29 is 52.7 Å². The maximum absolute atomic E-state index is 13.6. The zero-order valence-corrected chi connectivity index (χ0v) is 29.5. The Balaban J connectivity index is 1.45. The van der Waals surface area contributed by atoms with Crippen LogP contribution < -0.4 is 14.8 Å². The molecule has 1 aromatic carbocycles. The van der Waals surface area contributed by atoms with Crippen LogP contribution in [0, 0.1) is 0 Å². The molecule has 2 aliphatic heterocycles. The molecular weight excluding hydrogens is 624 g/mol. The van der Waals surface area contributed by atoms with Gasteiger partial charge in [-0.15, -0.1) is 0 Å². The van der Waals surface area contributed by atoms with Gasteiger partial charge in [-0.05, 0) is 106 Å². The molecule has 0 aromatic heterocycles. The van der Waals surface area contributed by atoms with Gasteiger partial charge in [-0.1, -0.05) is 6.07 Å². The molecule has 264 valence electrons. The standard InChI is InChI=1S/C35H48N2O11/c1-31(2,3)46-28(39)20(36-29(40)47-32(4,5)6)18-24(38)43-22-13-14-35(42)23-17-19-11-12-21(44-30(41)48-33(7,8)9)26-25(19)34(35,27(22)45-26)15-16-37(23)10/h11-13,20,23,27,42H,14-18H2,1-10H3,(H,36,40)/t20-,23+,27-,34-,35+/m0/s1. The molecule has 0 radical (unpaired) electrons. The van der Waals surface area contributed by atoms with Crippen molar-refractivity contribution >= 4 is 24.2 Å². The van der Waals surface area contributed by atoms with Gasteiger partial charge in [0.2, 0.25) is 0 Å². The normalized spacial score (nSPS) is 26.6. The summed E-state index contributed by atoms with van der Waals surface area (Å²) in [7, 11) is 1.97. The Morgan fingerprint density at radius 3 is 2.25 bits per heavy atom. The molecular formula is C35H48N2O11. The van der Waals surface area contributed by atoms with Gasteiger partial charge < -0.3 is 43.7 Å². The minimum Gasteiger partial charge on any atom is -0.477 e. The second-order valence-corrected chi connectivity index (χ2v) is 16.1. The van der Waals surface area contributed by atoms with Gasteiger partial charge in [-0.25, -0.2) is 14.4 Å². The molecule has 1 aromatic rings. The number of likely N-dealkylation sites (N-methyl/N-ethyl adjacent to an activating group) is 1. The Bertz CT molecular complexity index is 1530. The number of hydrogen-bond acceptors (Lipinski definition) is 12. The van der Waals surface area contributed by atoms with E-state index in [9.17, 15) is 24.3 Å². The van der Waals surface area contributed by atoms with Gasteiger partial charge >= 0.3 is 24.2 Å². The van der Waals surface area contributed by atoms with Crippen LogP contribution >= 0.6 is 0 Å². The highest BCUT2D eigenvalue weighted by molar-refractivity contribution is 5.87. The van der Waals surface area contributed by atoms with Crippen LogP contribution in [0.3, 0.4) is 0 Å². The molecule has 1 spiro atoms. The van der Waals surface area contributed by atoms with E-state index in [2.05, 4.69) is 10.2 Å². The number of ether oxygens (including phenoxy) is 6. The largest absolute Gasteiger partial charge is 0.514 e. The van der Waals surface area contributed by atoms with Crippen LogP contribution in [0.15, 0.2) is 24.0 Å². The maximum Gasteiger partial charge on any atom is 0.514 e. The van der Waals surface area contributed by atoms with Crippen LogP contribution in [-0.2, 0) is 40.4 Å². The number of rotatable bonds is 6. The summed E-state index contributed by atoms with van der Waals surface area (Å²) in [5.41, 5.74) is -3.19. The van der Waals surface area contributed by atoms with Crippen molar-refractivity contribution in [3.8, 4) is 11.5 Å². The number of nitrogens with zero attached hydrogens (tertiary/aromatic N) is 1. The maximum atomic E-state index is 13.6. The molecule has 13 nitrogen and oxygen atoms in total. The van der Waals surface area contributed by atoms with E-state index < -0.39 is 70.6 Å². The lowest BCUT2D eigenvalue weighted by atomic mass is 9.50. The van der Waals surface area contributed by atoms with Crippen LogP contribution in [0.1, 0.15) is 92.7 Å². The van der Waals surface area contributed by atoms with E-state index in [-0.39, 0.29) is 29.7 Å². The van der Waals surface area contributed by atoms with Crippen LogP contribution in [0.25, 0.3) is 0 Å². The first-order valence-corrected chi connectivity index (χ1v) is 16.3. The van der Waals surface area contributed by atoms with Crippen molar-refractivity contribution in [3.63, 3.8) is 0 Å². The van der Waals surface area contributed by atoms with E-state index in [1.54, 1.807) is 74.5 Å². The number of likely N-dealkylation sites (tertiary alicyclic amines) is 1. The molecule has 48 heavy (non-hydrogen) atoms. The second-order valence-electron chi connectivity index (χ2n) is 16.1. The van der Waals surface area contributed by atoms with Crippen LogP contribution in [0.2, 0.25) is 0 Å². The van der Waals surface area contributed by atoms with Crippen molar-refractivity contribution in [1.82, 2.24) is 10.2 Å². The zero-order valence-electron chi connectivity index (χ0n) is 29.5. The number of alkyl carbamates (subject to hydrolysis) is 1. The van der Waals surface area contributed by atoms with Gasteiger partial charge in [-0.3, -0.25) is 4.79 Å². The van der Waals surface area contributed by atoms with Crippen molar-refractivity contribution in [3.05, 3.63) is 35.1 Å². The van der Waals surface area contributed by atoms with Crippen LogP contribution in [0.5, 0.6) is 11.5 Å². The first kappa shape index (κ1) is 35.5. The summed E-state index contributed by atoms with van der Waals surface area (Å²) in [6.07, 6.45) is -0.516. The highest BCUT2D eigenvalue weighted by atomic mass is 16.7. The van der Waals surface area contributed by atoms with E-state index in [4.69, 9.17) is 28.4 Å². The third-order valence-electron chi connectivity index (χ3n) is 8.91. The van der Waals surface area contributed by atoms with E-state index >= 15 is 0 Å². The van der Waals surface area contributed by atoms with Crippen molar-refractivity contribution in [2.45, 2.75) is 134 Å². The predicted octanol–water partition coefficient (Wildman–Crippen LogP) is 4.45. The molecule has 0 unspecified atom stereocenters. The molecule has 2 bridgehead atoms. The van der Waals surface area contributed by atoms with Crippen molar-refractivity contribution in [1.29, 1.82) is 0 Å². The van der Waals surface area contributed by atoms with Gasteiger partial charge in [0.15, 0.2) is 17.6 Å². The first-order valence-electron chi connectivity index (χ1n) is 16.3. The molecule has 13 heteroatoms. The number of carbonyl (C=O) groups is 4. The van der Waals surface area contributed by atoms with E-state index in [0.717, 1.165) is 11.1 Å². The lowest BCUT2D eigenvalue weighted by molar-refractivity contribution is -0.170. The fourth-order valence-corrected chi connectivity index (χ4v) is 7.22. The molecule has 1 saturated heterocycles. The molecule has 5 rings (SSSR count). The predicted molar refractivity (Wildman–Crippen MR) is 171 cm³/mol. The zero-order chi connectivity index (χ0) is 35.6. The van der Waals surface area contributed by atoms with E-state index in [0.29, 0.717) is 19.4 Å². The lowest BCUT2D eigenvalue weighted by Crippen LogP contribution is -2.74. The minimum atomic E-state index is -1.41. The number of hydrogen-bond donors (Lipinski definition) is 2. The quantitative estimate of drug-likeness (QED) is 0.249. The fourth-order valence-electron chi connectivity index (χ4n) is 7.22. The van der Waals surface area contributed by atoms with Gasteiger partial charge in [0.25, 0.3) is 0 Å². The number of aliphatic hydroxyl groups is 1. The monoisotopic (exact) mass is 672 g/mol. The van der Waals surface area contributed by atoms with Crippen molar-refractivity contribution in [2.24, 2.45) is 0 Å². The van der Waals surface area contributed by atoms with Crippen LogP contribution in [-0.4, -0.2) is 88.4 Å². The smallest absolute Gasteiger partial charge is 0.477 e. The topological polar surface area (TPSA) is 159 Å². The summed E-state index contributed by atoms with van der Waals surface area (Å²) in [6.45, 7) is 15.8. The summed E-state index contributed by atoms with van der Waals surface area (Å²) in [6, 6.07) is 1.86. The first-order chi connectivity index (χ1) is 22.0. The highest BCUT2D eigenvalue weighted by Gasteiger charge is 2.72. The third-order valence-corrected chi connectivity index (χ3v) is 8.91. The molecule has 1 amide bonds. The molecule has 2 heterocycles.